The molecule has 0 aliphatic carbocycles. The zero-order valence-corrected chi connectivity index (χ0v) is 45.1. The first-order valence-electron chi connectivity index (χ1n) is 26.3. The van der Waals surface area contributed by atoms with Crippen molar-refractivity contribution in [2.24, 2.45) is 0 Å². The average Bonchev–Trinajstić information content (AvgIpc) is 4.13. The van der Waals surface area contributed by atoms with E-state index in [0.29, 0.717) is 0 Å². The standard InChI is InChI=1S/C27H25N5O.C17H17BrN4.C16H20BNO3/c33-18-19-4-9-24-23(10-11-28-26(24)14-19)25-16-30-32-17-21(15-29-27(25)32)20-5-7-22(8-6-20)31-12-2-1-3-13-31;18-16-11-20-22-12-14(10-19-17(16)22)13-4-6-15(7-5-13)21-8-2-1-3-9-21;1-15(2)16(3,4)21-17(20-15)13-7-8-18-14-9-11(10-19)5-6-12(13)14/h4-11,14-17,33H,1-3,12-13,18H2;4-7,10-12H,1-3,8-9H2;5-9,19H,10H2,1-4H3. The monoisotopic (exact) mass is 1080 g/mol. The summed E-state index contributed by atoms with van der Waals surface area (Å²) < 4.78 is 16.8. The highest BCUT2D eigenvalue weighted by molar-refractivity contribution is 9.10. The molecule has 14 nitrogen and oxygen atoms in total. The molecule has 386 valence electrons. The number of aliphatic hydroxyl groups excluding tert-OH is 2. The van der Waals surface area contributed by atoms with Crippen molar-refractivity contribution in [2.45, 2.75) is 90.6 Å². The van der Waals surface area contributed by atoms with Crippen LogP contribution >= 0.6 is 15.9 Å². The molecule has 0 radical (unpaired) electrons. The maximum absolute atomic E-state index is 9.44. The molecule has 3 aliphatic rings. The third kappa shape index (κ3) is 10.6. The summed E-state index contributed by atoms with van der Waals surface area (Å²) in [4.78, 5) is 23.0. The van der Waals surface area contributed by atoms with E-state index in [-0.39, 0.29) is 24.4 Å². The predicted octanol–water partition coefficient (Wildman–Crippen LogP) is 11.3. The second-order valence-corrected chi connectivity index (χ2v) is 21.7. The molecule has 0 amide bonds. The number of fused-ring (bicyclic) bond motifs is 4. The lowest BCUT2D eigenvalue weighted by atomic mass is 9.77. The Bertz CT molecular complexity index is 3630. The van der Waals surface area contributed by atoms with Crippen LogP contribution in [0.2, 0.25) is 0 Å². The Morgan fingerprint density at radius 2 is 1.00 bits per heavy atom. The SMILES string of the molecule is Brc1cnn2cc(-c3ccc(N4CCCCC4)cc3)cnc12.CC1(C)OB(c2ccnc3cc(CO)ccc23)OC1(C)C.OCc1ccc2c(-c3cnn4cc(-c5ccc(N6CCCCC6)cc5)cnc34)ccnc2c1. The lowest BCUT2D eigenvalue weighted by Crippen LogP contribution is -2.41. The van der Waals surface area contributed by atoms with Crippen molar-refractivity contribution in [3.63, 3.8) is 0 Å². The van der Waals surface area contributed by atoms with Crippen LogP contribution in [0.5, 0.6) is 0 Å². The number of rotatable bonds is 8. The summed E-state index contributed by atoms with van der Waals surface area (Å²) in [5, 5.41) is 29.6. The molecule has 13 rings (SSSR count). The topological polar surface area (TPSA) is 152 Å². The molecule has 0 unspecified atom stereocenters. The highest BCUT2D eigenvalue weighted by atomic mass is 79.9. The van der Waals surface area contributed by atoms with Gasteiger partial charge >= 0.3 is 7.12 Å². The van der Waals surface area contributed by atoms with E-state index in [1.165, 1.54) is 68.6 Å². The minimum atomic E-state index is -0.402. The van der Waals surface area contributed by atoms with E-state index in [0.717, 1.165) is 95.1 Å². The number of anilines is 2. The summed E-state index contributed by atoms with van der Waals surface area (Å²) in [6, 6.07) is 33.1. The molecule has 76 heavy (non-hydrogen) atoms. The summed E-state index contributed by atoms with van der Waals surface area (Å²) in [7, 11) is -0.402. The van der Waals surface area contributed by atoms with E-state index in [9.17, 15) is 10.2 Å². The van der Waals surface area contributed by atoms with Crippen molar-refractivity contribution in [1.29, 1.82) is 0 Å². The maximum Gasteiger partial charge on any atom is 0.495 e. The Balaban J connectivity index is 0.000000126. The second kappa shape index (κ2) is 21.9. The molecule has 0 saturated carbocycles. The van der Waals surface area contributed by atoms with Gasteiger partial charge in [-0.25, -0.2) is 19.0 Å². The molecular weight excluding hydrogens is 1020 g/mol. The van der Waals surface area contributed by atoms with E-state index >= 15 is 0 Å². The van der Waals surface area contributed by atoms with Gasteiger partial charge in [-0.15, -0.1) is 0 Å². The highest BCUT2D eigenvalue weighted by Crippen LogP contribution is 2.37. The van der Waals surface area contributed by atoms with Crippen molar-refractivity contribution in [3.05, 3.63) is 162 Å². The first-order valence-corrected chi connectivity index (χ1v) is 27.1. The van der Waals surface area contributed by atoms with Crippen molar-refractivity contribution in [3.8, 4) is 33.4 Å². The molecule has 0 spiro atoms. The number of piperidine rings is 2. The number of nitrogens with zero attached hydrogens (tertiary/aromatic N) is 10. The van der Waals surface area contributed by atoms with Crippen molar-refractivity contribution >= 4 is 73.0 Å². The number of hydrogen-bond donors (Lipinski definition) is 2. The van der Waals surface area contributed by atoms with E-state index in [1.54, 1.807) is 23.1 Å². The molecular formula is C60H62BBrN10O4. The van der Waals surface area contributed by atoms with Crippen LogP contribution in [-0.2, 0) is 22.5 Å². The summed E-state index contributed by atoms with van der Waals surface area (Å²) >= 11 is 3.45. The Labute approximate surface area is 451 Å². The molecule has 3 aliphatic heterocycles. The fourth-order valence-electron chi connectivity index (χ4n) is 10.3. The highest BCUT2D eigenvalue weighted by Gasteiger charge is 2.52. The Kier molecular flexibility index (Phi) is 14.7. The van der Waals surface area contributed by atoms with Crippen molar-refractivity contribution in [2.75, 3.05) is 36.0 Å². The summed E-state index contributed by atoms with van der Waals surface area (Å²) in [5.41, 5.74) is 14.3. The quantitative estimate of drug-likeness (QED) is 0.139. The Morgan fingerprint density at radius 3 is 1.55 bits per heavy atom. The maximum atomic E-state index is 9.44. The van der Waals surface area contributed by atoms with Gasteiger partial charge in [-0.2, -0.15) is 10.2 Å². The number of aromatic nitrogens is 8. The summed E-state index contributed by atoms with van der Waals surface area (Å²) in [6.07, 6.45) is 22.9. The largest absolute Gasteiger partial charge is 0.495 e. The van der Waals surface area contributed by atoms with Gasteiger partial charge in [0.15, 0.2) is 11.3 Å². The van der Waals surface area contributed by atoms with Gasteiger partial charge in [0.05, 0.1) is 52.3 Å². The number of aliphatic hydroxyl groups is 2. The van der Waals surface area contributed by atoms with Crippen LogP contribution in [0, 0.1) is 0 Å². The fourth-order valence-corrected chi connectivity index (χ4v) is 10.6. The van der Waals surface area contributed by atoms with Gasteiger partial charge in [0.2, 0.25) is 0 Å². The molecule has 0 bridgehead atoms. The normalized spacial score (nSPS) is 16.2. The van der Waals surface area contributed by atoms with Crippen LogP contribution in [0.15, 0.2) is 151 Å². The van der Waals surface area contributed by atoms with Crippen molar-refractivity contribution in [1.82, 2.24) is 39.2 Å². The van der Waals surface area contributed by atoms with Crippen LogP contribution in [0.25, 0.3) is 66.5 Å². The van der Waals surface area contributed by atoms with Gasteiger partial charge in [0.25, 0.3) is 0 Å². The van der Waals surface area contributed by atoms with Gasteiger partial charge in [-0.05, 0) is 169 Å². The summed E-state index contributed by atoms with van der Waals surface area (Å²) in [5.74, 6) is 0. The minimum absolute atomic E-state index is 0.00189. The predicted molar refractivity (Wildman–Crippen MR) is 307 cm³/mol. The smallest absolute Gasteiger partial charge is 0.399 e. The molecule has 9 heterocycles. The second-order valence-electron chi connectivity index (χ2n) is 20.8. The first-order chi connectivity index (χ1) is 36.9. The van der Waals surface area contributed by atoms with Gasteiger partial charge in [0.1, 0.15) is 0 Å². The van der Waals surface area contributed by atoms with Crippen LogP contribution in [0.3, 0.4) is 0 Å². The number of hydrogen-bond acceptors (Lipinski definition) is 12. The lowest BCUT2D eigenvalue weighted by Gasteiger charge is -2.32. The van der Waals surface area contributed by atoms with E-state index < -0.39 is 7.12 Å². The molecule has 3 saturated heterocycles. The summed E-state index contributed by atoms with van der Waals surface area (Å²) in [6.45, 7) is 12.8. The molecule has 4 aromatic carbocycles. The van der Waals surface area contributed by atoms with Crippen LogP contribution < -0.4 is 15.3 Å². The molecule has 16 heteroatoms. The van der Waals surface area contributed by atoms with Crippen LogP contribution in [-0.4, -0.2) is 93.9 Å². The zero-order valence-electron chi connectivity index (χ0n) is 43.5. The molecule has 2 N–H and O–H groups in total. The Morgan fingerprint density at radius 1 is 0.513 bits per heavy atom. The number of benzene rings is 4. The minimum Gasteiger partial charge on any atom is -0.399 e. The third-order valence-corrected chi connectivity index (χ3v) is 15.9. The lowest BCUT2D eigenvalue weighted by molar-refractivity contribution is 0.00578. The Hall–Kier alpha value is -7.08. The third-order valence-electron chi connectivity index (χ3n) is 15.3. The molecule has 3 fully saturated rings. The zero-order chi connectivity index (χ0) is 52.4. The van der Waals surface area contributed by atoms with E-state index in [2.05, 4.69) is 99.4 Å². The fraction of sp³-hybridized carbons (Fsp3) is 0.300. The average molecular weight is 1080 g/mol. The van der Waals surface area contributed by atoms with Crippen LogP contribution in [0.4, 0.5) is 11.4 Å². The number of pyridine rings is 2. The van der Waals surface area contributed by atoms with E-state index in [4.69, 9.17) is 14.3 Å². The van der Waals surface area contributed by atoms with E-state index in [1.807, 2.05) is 112 Å². The van der Waals surface area contributed by atoms with Gasteiger partial charge in [-0.1, -0.05) is 48.5 Å². The van der Waals surface area contributed by atoms with Crippen LogP contribution in [0.1, 0.15) is 77.3 Å². The number of halogens is 1. The van der Waals surface area contributed by atoms with Crippen molar-refractivity contribution < 1.29 is 19.5 Å². The van der Waals surface area contributed by atoms with Gasteiger partial charge in [-0.3, -0.25) is 9.97 Å². The molecule has 6 aromatic heterocycles. The molecule has 0 atom stereocenters. The first kappa shape index (κ1) is 51.1. The van der Waals surface area contributed by atoms with Gasteiger partial charge in [0, 0.05) is 96.8 Å². The molecule has 10 aromatic rings. The van der Waals surface area contributed by atoms with Gasteiger partial charge < -0.3 is 29.3 Å².